The van der Waals surface area contributed by atoms with Crippen molar-refractivity contribution < 1.29 is 19.4 Å². The number of hydrogen-bond donors (Lipinski definition) is 3. The van der Waals surface area contributed by atoms with Gasteiger partial charge in [0.2, 0.25) is 0 Å². The normalized spacial score (nSPS) is 10.7. The van der Waals surface area contributed by atoms with Crippen LogP contribution in [0.15, 0.2) is 82.6 Å². The van der Waals surface area contributed by atoms with Gasteiger partial charge in [0.05, 0.1) is 41.2 Å². The number of benzene rings is 3. The molecule has 0 spiro atoms. The minimum Gasteiger partial charge on any atom is -0.478 e. The van der Waals surface area contributed by atoms with Crippen LogP contribution >= 0.6 is 0 Å². The number of aromatic nitrogens is 2. The van der Waals surface area contributed by atoms with Crippen LogP contribution < -0.4 is 11.3 Å². The molecule has 0 amide bonds. The molecule has 0 fully saturated rings. The van der Waals surface area contributed by atoms with Crippen molar-refractivity contribution in [3.05, 3.63) is 111 Å². The van der Waals surface area contributed by atoms with Gasteiger partial charge >= 0.3 is 11.9 Å². The first-order valence-electron chi connectivity index (χ1n) is 13.1. The van der Waals surface area contributed by atoms with E-state index in [-0.39, 0.29) is 24.2 Å². The van der Waals surface area contributed by atoms with Crippen LogP contribution in [-0.2, 0) is 28.8 Å². The largest absolute Gasteiger partial charge is 0.478 e. The predicted molar refractivity (Wildman–Crippen MR) is 157 cm³/mol. The Hall–Kier alpha value is -4.92. The first kappa shape index (κ1) is 29.6. The van der Waals surface area contributed by atoms with Gasteiger partial charge in [-0.2, -0.15) is 0 Å². The summed E-state index contributed by atoms with van der Waals surface area (Å²) in [5, 5.41) is 12.0. The lowest BCUT2D eigenvalue weighted by Crippen LogP contribution is -2.17. The van der Waals surface area contributed by atoms with Gasteiger partial charge in [-0.1, -0.05) is 50.2 Å². The number of anilines is 1. The Bertz CT molecular complexity index is 1530. The standard InChI is InChI=1S/C23H23N3O5.C8H11N/c1-3-15-7-5-6-8-19(15)24-14-18-20(13-21(27)31-4-2)25-26(22(18)28)17-11-9-16(10-12-17)23(29)30;1-2-7-5-3-4-6-8(7)9/h5-12,14,25H,3-4,13H2,1-2H3,(H,29,30);3-6H,2,9H2,1H3. The molecule has 0 bridgehead atoms. The van der Waals surface area contributed by atoms with Crippen molar-refractivity contribution in [2.24, 2.45) is 4.99 Å². The summed E-state index contributed by atoms with van der Waals surface area (Å²) in [4.78, 5) is 40.7. The number of nitrogen functional groups attached to an aromatic ring is 1. The van der Waals surface area contributed by atoms with E-state index in [1.54, 1.807) is 6.92 Å². The van der Waals surface area contributed by atoms with Crippen LogP contribution in [-0.4, -0.2) is 39.6 Å². The van der Waals surface area contributed by atoms with Gasteiger partial charge in [-0.3, -0.25) is 19.7 Å². The second-order valence-electron chi connectivity index (χ2n) is 8.77. The first-order valence-corrected chi connectivity index (χ1v) is 13.1. The molecule has 1 heterocycles. The second kappa shape index (κ2) is 14.3. The van der Waals surface area contributed by atoms with Gasteiger partial charge in [0.1, 0.15) is 0 Å². The highest BCUT2D eigenvalue weighted by molar-refractivity contribution is 5.88. The van der Waals surface area contributed by atoms with Gasteiger partial charge in [0.25, 0.3) is 5.56 Å². The van der Waals surface area contributed by atoms with Gasteiger partial charge in [-0.25, -0.2) is 9.48 Å². The molecule has 0 aliphatic rings. The third-order valence-corrected chi connectivity index (χ3v) is 6.15. The molecule has 208 valence electrons. The molecule has 4 rings (SSSR count). The summed E-state index contributed by atoms with van der Waals surface area (Å²) in [6.45, 7) is 6.06. The van der Waals surface area contributed by atoms with Crippen LogP contribution in [0.4, 0.5) is 11.4 Å². The van der Waals surface area contributed by atoms with Crippen LogP contribution in [0.25, 0.3) is 5.69 Å². The number of rotatable bonds is 9. The minimum absolute atomic E-state index is 0.105. The van der Waals surface area contributed by atoms with E-state index < -0.39 is 17.5 Å². The molecular weight excluding hydrogens is 508 g/mol. The minimum atomic E-state index is -1.06. The number of carboxylic acids is 1. The zero-order valence-electron chi connectivity index (χ0n) is 22.9. The Morgan fingerprint density at radius 1 is 0.950 bits per heavy atom. The van der Waals surface area contributed by atoms with E-state index >= 15 is 0 Å². The monoisotopic (exact) mass is 542 g/mol. The number of hydrogen-bond acceptors (Lipinski definition) is 6. The van der Waals surface area contributed by atoms with E-state index in [2.05, 4.69) is 23.1 Å². The summed E-state index contributed by atoms with van der Waals surface area (Å²) in [6, 6.07) is 21.4. The third-order valence-electron chi connectivity index (χ3n) is 6.15. The number of carboxylic acid groups (broad SMARTS) is 1. The Labute approximate surface area is 232 Å². The lowest BCUT2D eigenvalue weighted by Gasteiger charge is -2.03. The van der Waals surface area contributed by atoms with Crippen LogP contribution in [0.1, 0.15) is 53.5 Å². The van der Waals surface area contributed by atoms with E-state index in [0.717, 1.165) is 29.8 Å². The van der Waals surface area contributed by atoms with E-state index in [1.165, 1.54) is 40.7 Å². The van der Waals surface area contributed by atoms with E-state index in [0.29, 0.717) is 11.4 Å². The van der Waals surface area contributed by atoms with Crippen molar-refractivity contribution in [3.63, 3.8) is 0 Å². The molecule has 40 heavy (non-hydrogen) atoms. The summed E-state index contributed by atoms with van der Waals surface area (Å²) in [5.41, 5.74) is 10.3. The number of carbonyl (C=O) groups excluding carboxylic acids is 1. The zero-order valence-corrected chi connectivity index (χ0v) is 22.9. The number of ether oxygens (including phenoxy) is 1. The molecule has 0 aliphatic heterocycles. The maximum absolute atomic E-state index is 13.1. The lowest BCUT2D eigenvalue weighted by atomic mass is 10.1. The van der Waals surface area contributed by atoms with Crippen LogP contribution in [0, 0.1) is 0 Å². The SMILES string of the molecule is CCOC(=O)Cc1[nH]n(-c2ccc(C(=O)O)cc2)c(=O)c1C=Nc1ccccc1CC.CCc1ccccc1N. The molecule has 0 saturated carbocycles. The van der Waals surface area contributed by atoms with Crippen molar-refractivity contribution in [2.75, 3.05) is 12.3 Å². The second-order valence-corrected chi connectivity index (χ2v) is 8.77. The Kier molecular flexibility index (Phi) is 10.6. The van der Waals surface area contributed by atoms with E-state index in [9.17, 15) is 14.4 Å². The number of aromatic amines is 1. The molecule has 3 aromatic carbocycles. The fraction of sp³-hybridized carbons (Fsp3) is 0.226. The zero-order chi connectivity index (χ0) is 29.1. The van der Waals surface area contributed by atoms with Crippen molar-refractivity contribution in [3.8, 4) is 5.69 Å². The number of esters is 1. The van der Waals surface area contributed by atoms with E-state index in [4.69, 9.17) is 15.6 Å². The van der Waals surface area contributed by atoms with Crippen LogP contribution in [0.2, 0.25) is 0 Å². The average molecular weight is 543 g/mol. The Morgan fingerprint density at radius 3 is 2.15 bits per heavy atom. The molecule has 4 aromatic rings. The number of aryl methyl sites for hydroxylation is 2. The molecule has 0 radical (unpaired) electrons. The predicted octanol–water partition coefficient (Wildman–Crippen LogP) is 5.11. The molecule has 0 aliphatic carbocycles. The smallest absolute Gasteiger partial charge is 0.335 e. The summed E-state index contributed by atoms with van der Waals surface area (Å²) >= 11 is 0. The lowest BCUT2D eigenvalue weighted by molar-refractivity contribution is -0.142. The molecule has 4 N–H and O–H groups in total. The number of aliphatic imine (C=N–C) groups is 1. The fourth-order valence-electron chi connectivity index (χ4n) is 3.98. The van der Waals surface area contributed by atoms with Gasteiger partial charge in [0, 0.05) is 11.9 Å². The topological polar surface area (TPSA) is 140 Å². The van der Waals surface area contributed by atoms with E-state index in [1.807, 2.05) is 49.4 Å². The number of para-hydroxylation sites is 2. The number of nitrogens with zero attached hydrogens (tertiary/aromatic N) is 2. The van der Waals surface area contributed by atoms with Gasteiger partial charge < -0.3 is 15.6 Å². The third kappa shape index (κ3) is 7.57. The highest BCUT2D eigenvalue weighted by atomic mass is 16.5. The summed E-state index contributed by atoms with van der Waals surface area (Å²) < 4.78 is 6.27. The Balaban J connectivity index is 0.000000415. The van der Waals surface area contributed by atoms with Gasteiger partial charge in [0.15, 0.2) is 0 Å². The van der Waals surface area contributed by atoms with Crippen LogP contribution in [0.5, 0.6) is 0 Å². The highest BCUT2D eigenvalue weighted by Crippen LogP contribution is 2.19. The quantitative estimate of drug-likeness (QED) is 0.152. The maximum Gasteiger partial charge on any atom is 0.335 e. The average Bonchev–Trinajstić information content (AvgIpc) is 3.27. The van der Waals surface area contributed by atoms with Gasteiger partial charge in [-0.15, -0.1) is 0 Å². The van der Waals surface area contributed by atoms with Crippen molar-refractivity contribution in [1.29, 1.82) is 0 Å². The molecule has 9 nitrogen and oxygen atoms in total. The first-order chi connectivity index (χ1) is 19.3. The molecule has 0 atom stereocenters. The molecule has 0 saturated heterocycles. The molecular formula is C31H34N4O5. The van der Waals surface area contributed by atoms with Gasteiger partial charge in [-0.05, 0) is 67.3 Å². The number of carbonyl (C=O) groups is 2. The number of H-pyrrole nitrogens is 1. The van der Waals surface area contributed by atoms with Crippen molar-refractivity contribution in [1.82, 2.24) is 9.78 Å². The summed E-state index contributed by atoms with van der Waals surface area (Å²) in [7, 11) is 0. The fourth-order valence-corrected chi connectivity index (χ4v) is 3.98. The maximum atomic E-state index is 13.1. The molecule has 1 aromatic heterocycles. The number of nitrogens with two attached hydrogens (primary N) is 1. The van der Waals surface area contributed by atoms with Crippen molar-refractivity contribution >= 4 is 29.5 Å². The molecule has 0 unspecified atom stereocenters. The highest BCUT2D eigenvalue weighted by Gasteiger charge is 2.18. The number of nitrogens with one attached hydrogen (secondary N) is 1. The summed E-state index contributed by atoms with van der Waals surface area (Å²) in [6.07, 6.45) is 3.13. The number of aromatic carboxylic acids is 1. The molecule has 9 heteroatoms. The van der Waals surface area contributed by atoms with Crippen LogP contribution in [0.3, 0.4) is 0 Å². The summed E-state index contributed by atoms with van der Waals surface area (Å²) in [5.74, 6) is -1.53. The Morgan fingerprint density at radius 2 is 1.57 bits per heavy atom. The van der Waals surface area contributed by atoms with Crippen molar-refractivity contribution in [2.45, 2.75) is 40.0 Å².